The van der Waals surface area contributed by atoms with Crippen LogP contribution in [-0.2, 0) is 0 Å². The first-order valence-corrected chi connectivity index (χ1v) is 8.73. The summed E-state index contributed by atoms with van der Waals surface area (Å²) in [6.07, 6.45) is 1.99. The maximum absolute atomic E-state index is 9.93. The van der Waals surface area contributed by atoms with Crippen molar-refractivity contribution in [2.45, 2.75) is 5.92 Å². The molecule has 1 aromatic rings. The Morgan fingerprint density at radius 3 is 2.52 bits per heavy atom. The smallest absolute Gasteiger partial charge is 0.189 e. The van der Waals surface area contributed by atoms with Crippen molar-refractivity contribution in [3.8, 4) is 18.2 Å². The molecule has 1 heterocycles. The van der Waals surface area contributed by atoms with Crippen LogP contribution in [0.3, 0.4) is 0 Å². The molecule has 1 saturated carbocycles. The lowest BCUT2D eigenvalue weighted by molar-refractivity contribution is 0.234. The molecule has 2 aliphatic rings. The van der Waals surface area contributed by atoms with Crippen molar-refractivity contribution in [3.63, 3.8) is 0 Å². The number of halogens is 1. The second-order valence-electron chi connectivity index (χ2n) is 6.54. The predicted octanol–water partition coefficient (Wildman–Crippen LogP) is 3.23. The molecule has 5 nitrogen and oxygen atoms in total. The molecule has 0 bridgehead atoms. The molecule has 124 valence electrons. The largest absolute Gasteiger partial charge is 0.305 e. The van der Waals surface area contributed by atoms with Crippen LogP contribution in [0.25, 0.3) is 0 Å². The Labute approximate surface area is 155 Å². The van der Waals surface area contributed by atoms with Gasteiger partial charge in [0.2, 0.25) is 0 Å². The van der Waals surface area contributed by atoms with Crippen molar-refractivity contribution in [1.29, 1.82) is 21.2 Å². The topological polar surface area (TPSA) is 98.5 Å². The first kappa shape index (κ1) is 17.4. The van der Waals surface area contributed by atoms with Crippen LogP contribution in [0.1, 0.15) is 11.5 Å². The zero-order chi connectivity index (χ0) is 18.2. The number of nitrogens with zero attached hydrogens (tertiary/aromatic N) is 4. The minimum absolute atomic E-state index is 0.104. The van der Waals surface area contributed by atoms with Gasteiger partial charge in [-0.05, 0) is 24.3 Å². The maximum atomic E-state index is 9.93. The Hall–Kier alpha value is -2.46. The number of nitrogens with one attached hydrogen (secondary N) is 1. The first-order valence-electron chi connectivity index (χ1n) is 7.94. The first-order chi connectivity index (χ1) is 12.0. The summed E-state index contributed by atoms with van der Waals surface area (Å²) in [6, 6.07) is 13.9. The summed E-state index contributed by atoms with van der Waals surface area (Å²) in [5.74, 6) is -1.46. The Morgan fingerprint density at radius 2 is 1.92 bits per heavy atom. The van der Waals surface area contributed by atoms with Crippen LogP contribution in [0.5, 0.6) is 0 Å². The summed E-state index contributed by atoms with van der Waals surface area (Å²) in [7, 11) is 1.98. The lowest BCUT2D eigenvalue weighted by atomic mass is 9.54. The molecule has 0 spiro atoms. The molecule has 1 fully saturated rings. The van der Waals surface area contributed by atoms with Crippen molar-refractivity contribution in [2.75, 3.05) is 20.1 Å². The number of nitriles is 3. The number of likely N-dealkylation sites (N-methyl/N-ethyl adjacent to an activating group) is 1. The maximum Gasteiger partial charge on any atom is 0.189 e. The van der Waals surface area contributed by atoms with Crippen molar-refractivity contribution in [1.82, 2.24) is 4.90 Å². The fraction of sp³-hybridized carbons (Fsp3) is 0.368. The molecule has 0 saturated heterocycles. The zero-order valence-electron chi connectivity index (χ0n) is 13.7. The number of hydrogen-bond donors (Lipinski definition) is 1. The summed E-state index contributed by atoms with van der Waals surface area (Å²) in [6.45, 7) is 1.35. The third-order valence-corrected chi connectivity index (χ3v) is 5.94. The van der Waals surface area contributed by atoms with Crippen molar-refractivity contribution >= 4 is 21.6 Å². The molecule has 1 N–H and O–H groups in total. The molecule has 1 aliphatic carbocycles. The van der Waals surface area contributed by atoms with E-state index in [1.165, 1.54) is 0 Å². The molecule has 1 aromatic carbocycles. The minimum atomic E-state index is -1.65. The lowest BCUT2D eigenvalue weighted by Gasteiger charge is -2.47. The van der Waals surface area contributed by atoms with E-state index >= 15 is 0 Å². The molecular formula is C19H16BrN5. The second kappa shape index (κ2) is 6.45. The van der Waals surface area contributed by atoms with Gasteiger partial charge in [-0.1, -0.05) is 40.2 Å². The van der Waals surface area contributed by atoms with Crippen LogP contribution in [-0.4, -0.2) is 30.7 Å². The average Bonchev–Trinajstić information content (AvgIpc) is 2.62. The van der Waals surface area contributed by atoms with E-state index in [2.05, 4.69) is 39.0 Å². The van der Waals surface area contributed by atoms with Crippen LogP contribution in [0.2, 0.25) is 0 Å². The predicted molar refractivity (Wildman–Crippen MR) is 96.4 cm³/mol. The van der Waals surface area contributed by atoms with Gasteiger partial charge in [0.15, 0.2) is 5.41 Å². The molecule has 0 aromatic heterocycles. The third-order valence-electron chi connectivity index (χ3n) is 5.21. The van der Waals surface area contributed by atoms with E-state index in [-0.39, 0.29) is 11.6 Å². The molecule has 0 radical (unpaired) electrons. The number of rotatable bonds is 1. The van der Waals surface area contributed by atoms with Crippen molar-refractivity contribution < 1.29 is 0 Å². The highest BCUT2D eigenvalue weighted by atomic mass is 79.9. The summed E-state index contributed by atoms with van der Waals surface area (Å²) in [5.41, 5.74) is -0.0528. The summed E-state index contributed by atoms with van der Waals surface area (Å²) < 4.78 is 0.811. The number of fused-ring (bicyclic) bond motifs is 1. The van der Waals surface area contributed by atoms with Crippen LogP contribution in [0, 0.1) is 56.7 Å². The van der Waals surface area contributed by atoms with E-state index in [4.69, 9.17) is 5.41 Å². The summed E-state index contributed by atoms with van der Waals surface area (Å²) in [4.78, 5) is 2.11. The Bertz CT molecular complexity index is 868. The van der Waals surface area contributed by atoms with Gasteiger partial charge in [-0.15, -0.1) is 0 Å². The van der Waals surface area contributed by atoms with E-state index in [1.54, 1.807) is 0 Å². The van der Waals surface area contributed by atoms with E-state index < -0.39 is 17.3 Å². The summed E-state index contributed by atoms with van der Waals surface area (Å²) >= 11 is 3.54. The van der Waals surface area contributed by atoms with Crippen LogP contribution >= 0.6 is 15.9 Å². The molecule has 3 atom stereocenters. The quantitative estimate of drug-likeness (QED) is 0.740. The van der Waals surface area contributed by atoms with Crippen molar-refractivity contribution in [3.05, 3.63) is 46.0 Å². The number of hydrogen-bond acceptors (Lipinski definition) is 5. The van der Waals surface area contributed by atoms with E-state index in [0.717, 1.165) is 15.6 Å². The minimum Gasteiger partial charge on any atom is -0.305 e. The number of benzene rings is 1. The SMILES string of the molecule is CN1CC=C2C(C#N)C(=N)C(C#N)(C#N)[C@@H](c3ccccc3Br)[C@H]2C1. The van der Waals surface area contributed by atoms with E-state index in [1.807, 2.05) is 37.4 Å². The fourth-order valence-electron chi connectivity index (χ4n) is 4.02. The third kappa shape index (κ3) is 2.48. The molecule has 6 heteroatoms. The van der Waals surface area contributed by atoms with Gasteiger partial charge in [0.05, 0.1) is 23.9 Å². The van der Waals surface area contributed by atoms with Crippen LogP contribution in [0.4, 0.5) is 0 Å². The zero-order valence-corrected chi connectivity index (χ0v) is 15.3. The molecule has 1 unspecified atom stereocenters. The van der Waals surface area contributed by atoms with Gasteiger partial charge in [-0.2, -0.15) is 15.8 Å². The van der Waals surface area contributed by atoms with Gasteiger partial charge in [0, 0.05) is 29.4 Å². The molecule has 25 heavy (non-hydrogen) atoms. The summed E-state index contributed by atoms with van der Waals surface area (Å²) in [5, 5.41) is 38.0. The van der Waals surface area contributed by atoms with Crippen molar-refractivity contribution in [2.24, 2.45) is 17.3 Å². The Morgan fingerprint density at radius 1 is 1.24 bits per heavy atom. The molecular weight excluding hydrogens is 378 g/mol. The van der Waals surface area contributed by atoms with Crippen LogP contribution < -0.4 is 0 Å². The molecule has 1 aliphatic heterocycles. The van der Waals surface area contributed by atoms with Gasteiger partial charge < -0.3 is 10.3 Å². The van der Waals surface area contributed by atoms with Gasteiger partial charge in [-0.3, -0.25) is 0 Å². The standard InChI is InChI=1S/C19H16BrN5/c1-25-7-6-12-14(8-21)18(24)19(10-22,11-23)17(15(12)9-25)13-4-2-3-5-16(13)20/h2-6,14-15,17,24H,7,9H2,1H3/t14?,15-,17-/m0/s1. The van der Waals surface area contributed by atoms with Gasteiger partial charge in [-0.25, -0.2) is 0 Å². The average molecular weight is 394 g/mol. The van der Waals surface area contributed by atoms with Gasteiger partial charge in [0.25, 0.3) is 0 Å². The van der Waals surface area contributed by atoms with Gasteiger partial charge >= 0.3 is 0 Å². The highest BCUT2D eigenvalue weighted by molar-refractivity contribution is 9.10. The van der Waals surface area contributed by atoms with E-state index in [0.29, 0.717) is 13.1 Å². The van der Waals surface area contributed by atoms with Gasteiger partial charge in [0.1, 0.15) is 5.92 Å². The lowest BCUT2D eigenvalue weighted by Crippen LogP contribution is -2.52. The highest BCUT2D eigenvalue weighted by Gasteiger charge is 2.57. The molecule has 0 amide bonds. The molecule has 3 rings (SSSR count). The fourth-order valence-corrected chi connectivity index (χ4v) is 4.55. The monoisotopic (exact) mass is 393 g/mol. The Balaban J connectivity index is 2.30. The second-order valence-corrected chi connectivity index (χ2v) is 7.39. The normalized spacial score (nSPS) is 28.0. The Kier molecular flexibility index (Phi) is 4.48. The van der Waals surface area contributed by atoms with E-state index in [9.17, 15) is 15.8 Å². The van der Waals surface area contributed by atoms with Crippen LogP contribution in [0.15, 0.2) is 40.4 Å². The highest BCUT2D eigenvalue weighted by Crippen LogP contribution is 2.54.